The van der Waals surface area contributed by atoms with Gasteiger partial charge in [-0.25, -0.2) is 14.4 Å². The summed E-state index contributed by atoms with van der Waals surface area (Å²) in [5, 5.41) is 15.5. The largest absolute Gasteiger partial charge is 0.491 e. The van der Waals surface area contributed by atoms with E-state index in [1.54, 1.807) is 37.6 Å². The summed E-state index contributed by atoms with van der Waals surface area (Å²) in [6.45, 7) is 3.24. The van der Waals surface area contributed by atoms with Crippen LogP contribution in [0, 0.1) is 35.9 Å². The third-order valence-corrected chi connectivity index (χ3v) is 12.3. The van der Waals surface area contributed by atoms with E-state index in [2.05, 4.69) is 27.0 Å². The lowest BCUT2D eigenvalue weighted by Crippen LogP contribution is -2.41. The molecule has 0 radical (unpaired) electrons. The monoisotopic (exact) mass is 738 g/mol. The summed E-state index contributed by atoms with van der Waals surface area (Å²) in [6.07, 6.45) is 5.28. The molecule has 10 rings (SSSR count). The van der Waals surface area contributed by atoms with Crippen molar-refractivity contribution in [1.29, 1.82) is 5.26 Å². The van der Waals surface area contributed by atoms with Crippen molar-refractivity contribution in [1.82, 2.24) is 24.8 Å². The van der Waals surface area contributed by atoms with Crippen LogP contribution >= 0.6 is 23.2 Å². The molecule has 5 fully saturated rings. The highest BCUT2D eigenvalue weighted by molar-refractivity contribution is 6.43. The molecule has 5 atom stereocenters. The molecule has 6 heterocycles. The lowest BCUT2D eigenvalue weighted by Gasteiger charge is -2.39. The van der Waals surface area contributed by atoms with Gasteiger partial charge in [-0.2, -0.15) is 5.26 Å². The lowest BCUT2D eigenvalue weighted by molar-refractivity contribution is -0.133. The Hall–Kier alpha value is -4.43. The number of hydrogen-bond donors (Lipinski definition) is 1. The van der Waals surface area contributed by atoms with Gasteiger partial charge < -0.3 is 24.3 Å². The number of benzene rings is 2. The van der Waals surface area contributed by atoms with Gasteiger partial charge in [0.05, 0.1) is 47.4 Å². The lowest BCUT2D eigenvalue weighted by atomic mass is 9.79. The van der Waals surface area contributed by atoms with Crippen molar-refractivity contribution in [3.05, 3.63) is 81.5 Å². The first-order valence-corrected chi connectivity index (χ1v) is 18.7. The number of fused-ring (bicyclic) bond motifs is 4. The predicted molar refractivity (Wildman–Crippen MR) is 197 cm³/mol. The van der Waals surface area contributed by atoms with Crippen molar-refractivity contribution in [2.24, 2.45) is 11.8 Å². The molecule has 2 aliphatic carbocycles. The summed E-state index contributed by atoms with van der Waals surface area (Å²) >= 11 is 13.1. The molecule has 1 amide bonds. The zero-order valence-corrected chi connectivity index (χ0v) is 30.3. The molecule has 5 aromatic rings. The Morgan fingerprint density at radius 2 is 2.00 bits per heavy atom. The van der Waals surface area contributed by atoms with E-state index in [1.807, 2.05) is 24.0 Å². The Balaban J connectivity index is 1.26. The fourth-order valence-corrected chi connectivity index (χ4v) is 9.24. The summed E-state index contributed by atoms with van der Waals surface area (Å²) in [4.78, 5) is 25.4. The summed E-state index contributed by atoms with van der Waals surface area (Å²) in [5.74, 6) is 1.00. The van der Waals surface area contributed by atoms with Crippen LogP contribution < -0.4 is 14.8 Å². The minimum Gasteiger partial charge on any atom is -0.491 e. The Bertz CT molecular complexity index is 2310. The molecule has 266 valence electrons. The number of rotatable bonds is 9. The van der Waals surface area contributed by atoms with E-state index < -0.39 is 5.82 Å². The molecule has 2 saturated carbocycles. The number of aromatic nitrogens is 3. The van der Waals surface area contributed by atoms with Crippen molar-refractivity contribution in [3.8, 4) is 28.8 Å². The van der Waals surface area contributed by atoms with Crippen LogP contribution in [0.3, 0.4) is 0 Å². The average Bonchev–Trinajstić information content (AvgIpc) is 3.43. The molecule has 2 bridgehead atoms. The van der Waals surface area contributed by atoms with Crippen molar-refractivity contribution in [3.63, 3.8) is 0 Å². The van der Waals surface area contributed by atoms with Gasteiger partial charge in [0.25, 0.3) is 5.88 Å². The van der Waals surface area contributed by atoms with Crippen LogP contribution in [-0.2, 0) is 11.2 Å². The zero-order chi connectivity index (χ0) is 35.8. The van der Waals surface area contributed by atoms with E-state index in [-0.39, 0.29) is 53.0 Å². The number of aryl methyl sites for hydroxylation is 2. The van der Waals surface area contributed by atoms with E-state index in [1.165, 1.54) is 0 Å². The van der Waals surface area contributed by atoms with Crippen LogP contribution in [0.1, 0.15) is 61.1 Å². The third-order valence-electron chi connectivity index (χ3n) is 11.5. The quantitative estimate of drug-likeness (QED) is 0.163. The highest BCUT2D eigenvalue weighted by atomic mass is 35.5. The number of amides is 1. The van der Waals surface area contributed by atoms with Crippen molar-refractivity contribution in [2.45, 2.75) is 69.7 Å². The van der Waals surface area contributed by atoms with Gasteiger partial charge in [0.2, 0.25) is 5.91 Å². The summed E-state index contributed by atoms with van der Waals surface area (Å²) in [5.41, 5.74) is 4.28. The molecule has 1 N–H and O–H groups in total. The number of methoxy groups -OCH3 is 1. The normalized spacial score (nSPS) is 23.6. The summed E-state index contributed by atoms with van der Waals surface area (Å²) in [7, 11) is 1.59. The maximum absolute atomic E-state index is 17.2. The molecule has 3 aliphatic heterocycles. The number of likely N-dealkylation sites (tertiary alicyclic amines) is 1. The maximum Gasteiger partial charge on any atom is 0.257 e. The number of carbonyl (C=O) groups is 1. The topological polar surface area (TPSA) is 105 Å². The van der Waals surface area contributed by atoms with Gasteiger partial charge in [0, 0.05) is 70.8 Å². The van der Waals surface area contributed by atoms with Crippen molar-refractivity contribution in [2.75, 3.05) is 20.2 Å². The molecule has 12 heteroatoms. The van der Waals surface area contributed by atoms with E-state index in [4.69, 9.17) is 37.7 Å². The number of nitriles is 1. The fourth-order valence-electron chi connectivity index (χ4n) is 8.85. The number of hydrogen-bond acceptors (Lipinski definition) is 7. The molecule has 9 nitrogen and oxygen atoms in total. The second-order valence-corrected chi connectivity index (χ2v) is 15.3. The standard InChI is InChI=1S/C40H37Cl2FN6O3/c1-20-26-17-31(30-16-24(19-48(30)40(50)21-10-11-21)52-39-32(51-2)9-5-13-45-39)49(37-23-15-29(37)46-18-23)38(26)27-14-22(6-4-12-44)33(35(43)36(27)47-20)25-7-3-8-28(41)34(25)42/h3,5,7-9,13-14,17,21,23-24,29-30,37,46H,4,6,10-11,15-16,18-19H2,1-2H3. The molecule has 5 aliphatic rings. The predicted octanol–water partition coefficient (Wildman–Crippen LogP) is 8.13. The Morgan fingerprint density at radius 1 is 1.15 bits per heavy atom. The number of ether oxygens (including phenoxy) is 2. The minimum absolute atomic E-state index is 0.0165. The second-order valence-electron chi connectivity index (χ2n) is 14.5. The maximum atomic E-state index is 17.2. The van der Waals surface area contributed by atoms with Crippen molar-refractivity contribution < 1.29 is 18.7 Å². The van der Waals surface area contributed by atoms with Crippen LogP contribution in [0.4, 0.5) is 4.39 Å². The molecular formula is C40H37Cl2FN6O3. The Kier molecular flexibility index (Phi) is 8.29. The van der Waals surface area contributed by atoms with Gasteiger partial charge in [0.15, 0.2) is 11.6 Å². The fraction of sp³-hybridized carbons (Fsp3) is 0.400. The molecule has 52 heavy (non-hydrogen) atoms. The zero-order valence-electron chi connectivity index (χ0n) is 28.8. The van der Waals surface area contributed by atoms with Gasteiger partial charge in [-0.1, -0.05) is 35.3 Å². The highest BCUT2D eigenvalue weighted by Gasteiger charge is 2.51. The molecule has 3 aromatic heterocycles. The second kappa shape index (κ2) is 12.9. The van der Waals surface area contributed by atoms with Gasteiger partial charge in [-0.15, -0.1) is 0 Å². The van der Waals surface area contributed by atoms with Gasteiger partial charge in [-0.3, -0.25) is 4.79 Å². The van der Waals surface area contributed by atoms with Crippen LogP contribution in [0.5, 0.6) is 11.6 Å². The SMILES string of the molecule is COc1cccnc1OC1CC(c2cc3c(C)nc4c(F)c(-c5cccc(Cl)c5Cl)c(CCC#N)cc4c3n2C2C3CNC2C3)N(C(=O)C2CC2)C1. The van der Waals surface area contributed by atoms with Crippen LogP contribution in [-0.4, -0.2) is 57.7 Å². The van der Waals surface area contributed by atoms with E-state index in [9.17, 15) is 10.1 Å². The first-order chi connectivity index (χ1) is 25.3. The van der Waals surface area contributed by atoms with E-state index in [0.717, 1.165) is 42.4 Å². The van der Waals surface area contributed by atoms with Gasteiger partial charge >= 0.3 is 0 Å². The van der Waals surface area contributed by atoms with Crippen LogP contribution in [0.15, 0.2) is 48.7 Å². The smallest absolute Gasteiger partial charge is 0.257 e. The highest BCUT2D eigenvalue weighted by Crippen LogP contribution is 2.51. The first-order valence-electron chi connectivity index (χ1n) is 17.9. The van der Waals surface area contributed by atoms with Crippen LogP contribution in [0.25, 0.3) is 32.9 Å². The Morgan fingerprint density at radius 3 is 2.73 bits per heavy atom. The molecule has 2 aromatic carbocycles. The molecule has 3 saturated heterocycles. The average molecular weight is 740 g/mol. The number of nitrogens with zero attached hydrogens (tertiary/aromatic N) is 5. The van der Waals surface area contributed by atoms with Gasteiger partial charge in [0.1, 0.15) is 11.6 Å². The number of pyridine rings is 2. The van der Waals surface area contributed by atoms with E-state index in [0.29, 0.717) is 69.7 Å². The minimum atomic E-state index is -0.493. The first kappa shape index (κ1) is 33.4. The number of carbonyl (C=O) groups excluding carboxylic acids is 1. The molecule has 0 spiro atoms. The van der Waals surface area contributed by atoms with Crippen molar-refractivity contribution >= 4 is 50.9 Å². The van der Waals surface area contributed by atoms with Gasteiger partial charge in [-0.05, 0) is 74.4 Å². The van der Waals surface area contributed by atoms with Crippen LogP contribution in [0.2, 0.25) is 10.0 Å². The molecule has 5 unspecified atom stereocenters. The Labute approximate surface area is 310 Å². The molecular weight excluding hydrogens is 702 g/mol. The summed E-state index contributed by atoms with van der Waals surface area (Å²) in [6, 6.07) is 15.3. The van der Waals surface area contributed by atoms with E-state index >= 15 is 4.39 Å². The number of halogens is 3. The third kappa shape index (κ3) is 5.31. The summed E-state index contributed by atoms with van der Waals surface area (Å²) < 4.78 is 31.6. The number of nitrogens with one attached hydrogen (secondary N) is 1.